The molecule has 170 valence electrons. The second kappa shape index (κ2) is 9.83. The van der Waals surface area contributed by atoms with Gasteiger partial charge in [-0.1, -0.05) is 43.9 Å². The Balaban J connectivity index is 1.45. The molecule has 6 nitrogen and oxygen atoms in total. The largest absolute Gasteiger partial charge is 0.310 e. The number of hydrogen-bond donors (Lipinski definition) is 2. The molecule has 0 bridgehead atoms. The van der Waals surface area contributed by atoms with Crippen LogP contribution in [0.15, 0.2) is 65.8 Å². The van der Waals surface area contributed by atoms with Crippen LogP contribution in [0, 0.1) is 11.7 Å². The summed E-state index contributed by atoms with van der Waals surface area (Å²) in [6.45, 7) is 2.73. The highest BCUT2D eigenvalue weighted by Crippen LogP contribution is 2.29. The molecule has 1 saturated carbocycles. The van der Waals surface area contributed by atoms with E-state index in [1.54, 1.807) is 24.4 Å². The first-order valence-corrected chi connectivity index (χ1v) is 12.5. The normalized spacial score (nSPS) is 15.7. The molecule has 4 rings (SSSR count). The van der Waals surface area contributed by atoms with Crippen LogP contribution in [0.2, 0.25) is 0 Å². The fourth-order valence-electron chi connectivity index (χ4n) is 4.34. The van der Waals surface area contributed by atoms with Gasteiger partial charge in [-0.15, -0.1) is 0 Å². The Bertz CT molecular complexity index is 1140. The number of halogens is 1. The highest BCUT2D eigenvalue weighted by molar-refractivity contribution is 7.92. The lowest BCUT2D eigenvalue weighted by Gasteiger charge is -2.19. The van der Waals surface area contributed by atoms with Crippen molar-refractivity contribution in [2.45, 2.75) is 56.5 Å². The van der Waals surface area contributed by atoms with E-state index in [2.05, 4.69) is 22.1 Å². The SMILES string of the molecule is C[C@@H](CC1CCCC1)NCc1ccccc1NS(=O)(=O)c1ccc(-n2cccn2)c(F)c1. The molecule has 1 atom stereocenters. The third-order valence-electron chi connectivity index (χ3n) is 6.04. The summed E-state index contributed by atoms with van der Waals surface area (Å²) in [7, 11) is -3.95. The van der Waals surface area contributed by atoms with Gasteiger partial charge in [0.2, 0.25) is 0 Å². The molecule has 0 amide bonds. The van der Waals surface area contributed by atoms with Crippen LogP contribution in [0.1, 0.15) is 44.6 Å². The summed E-state index contributed by atoms with van der Waals surface area (Å²) < 4.78 is 44.5. The molecule has 3 aromatic rings. The summed E-state index contributed by atoms with van der Waals surface area (Å²) in [5.41, 5.74) is 1.53. The molecule has 1 heterocycles. The number of benzene rings is 2. The van der Waals surface area contributed by atoms with Gasteiger partial charge in [-0.3, -0.25) is 4.72 Å². The molecule has 0 spiro atoms. The lowest BCUT2D eigenvalue weighted by molar-refractivity contribution is 0.404. The molecule has 0 unspecified atom stereocenters. The summed E-state index contributed by atoms with van der Waals surface area (Å²) >= 11 is 0. The Morgan fingerprint density at radius 2 is 1.94 bits per heavy atom. The highest BCUT2D eigenvalue weighted by atomic mass is 32.2. The minimum Gasteiger partial charge on any atom is -0.310 e. The maximum absolute atomic E-state index is 14.6. The van der Waals surface area contributed by atoms with E-state index in [-0.39, 0.29) is 10.6 Å². The van der Waals surface area contributed by atoms with Gasteiger partial charge in [-0.25, -0.2) is 17.5 Å². The van der Waals surface area contributed by atoms with Crippen molar-refractivity contribution in [3.63, 3.8) is 0 Å². The molecule has 32 heavy (non-hydrogen) atoms. The predicted octanol–water partition coefficient (Wildman–Crippen LogP) is 4.87. The van der Waals surface area contributed by atoms with Crippen molar-refractivity contribution in [1.29, 1.82) is 0 Å². The van der Waals surface area contributed by atoms with E-state index in [9.17, 15) is 12.8 Å². The van der Waals surface area contributed by atoms with E-state index >= 15 is 0 Å². The average Bonchev–Trinajstić information content (AvgIpc) is 3.47. The number of nitrogens with one attached hydrogen (secondary N) is 2. The van der Waals surface area contributed by atoms with Crippen LogP contribution >= 0.6 is 0 Å². The summed E-state index contributed by atoms with van der Waals surface area (Å²) in [5.74, 6) is 0.123. The van der Waals surface area contributed by atoms with Crippen molar-refractivity contribution >= 4 is 15.7 Å². The van der Waals surface area contributed by atoms with Gasteiger partial charge in [0.25, 0.3) is 10.0 Å². The first-order valence-electron chi connectivity index (χ1n) is 11.1. The second-order valence-electron chi connectivity index (χ2n) is 8.49. The molecule has 0 saturated heterocycles. The Morgan fingerprint density at radius 3 is 2.66 bits per heavy atom. The number of para-hydroxylation sites is 1. The molecule has 2 N–H and O–H groups in total. The van der Waals surface area contributed by atoms with Crippen molar-refractivity contribution in [3.05, 3.63) is 72.3 Å². The van der Waals surface area contributed by atoms with E-state index in [0.29, 0.717) is 18.3 Å². The summed E-state index contributed by atoms with van der Waals surface area (Å²) in [4.78, 5) is -0.136. The van der Waals surface area contributed by atoms with Crippen LogP contribution in [-0.4, -0.2) is 24.2 Å². The Morgan fingerprint density at radius 1 is 1.16 bits per heavy atom. The first kappa shape index (κ1) is 22.5. The fraction of sp³-hybridized carbons (Fsp3) is 0.375. The summed E-state index contributed by atoms with van der Waals surface area (Å²) in [5, 5.41) is 7.51. The molecule has 2 aromatic carbocycles. The predicted molar refractivity (Wildman–Crippen MR) is 124 cm³/mol. The molecule has 0 aliphatic heterocycles. The fourth-order valence-corrected chi connectivity index (χ4v) is 5.46. The third-order valence-corrected chi connectivity index (χ3v) is 7.41. The van der Waals surface area contributed by atoms with E-state index in [1.165, 1.54) is 48.7 Å². The maximum Gasteiger partial charge on any atom is 0.262 e. The van der Waals surface area contributed by atoms with Crippen molar-refractivity contribution < 1.29 is 12.8 Å². The summed E-state index contributed by atoms with van der Waals surface area (Å²) in [6.07, 6.45) is 9.52. The molecular weight excluding hydrogens is 427 g/mol. The lowest BCUT2D eigenvalue weighted by Crippen LogP contribution is -2.28. The molecule has 1 aliphatic rings. The van der Waals surface area contributed by atoms with E-state index in [0.717, 1.165) is 24.0 Å². The number of anilines is 1. The monoisotopic (exact) mass is 456 g/mol. The van der Waals surface area contributed by atoms with Gasteiger partial charge >= 0.3 is 0 Å². The van der Waals surface area contributed by atoms with E-state index < -0.39 is 15.8 Å². The highest BCUT2D eigenvalue weighted by Gasteiger charge is 2.20. The van der Waals surface area contributed by atoms with Crippen molar-refractivity contribution in [3.8, 4) is 5.69 Å². The van der Waals surface area contributed by atoms with Crippen LogP contribution in [0.4, 0.5) is 10.1 Å². The maximum atomic E-state index is 14.6. The van der Waals surface area contributed by atoms with Crippen molar-refractivity contribution in [2.24, 2.45) is 5.92 Å². The van der Waals surface area contributed by atoms with Gasteiger partial charge in [0.1, 0.15) is 11.5 Å². The zero-order chi connectivity index (χ0) is 22.6. The third kappa shape index (κ3) is 5.37. The van der Waals surface area contributed by atoms with Crippen LogP contribution < -0.4 is 10.0 Å². The van der Waals surface area contributed by atoms with Crippen LogP contribution in [-0.2, 0) is 16.6 Å². The molecular formula is C24H29FN4O2S. The van der Waals surface area contributed by atoms with Gasteiger partial charge in [-0.05, 0) is 55.2 Å². The molecule has 1 aromatic heterocycles. The lowest BCUT2D eigenvalue weighted by atomic mass is 9.99. The smallest absolute Gasteiger partial charge is 0.262 e. The quantitative estimate of drug-likeness (QED) is 0.482. The number of aromatic nitrogens is 2. The molecule has 0 radical (unpaired) electrons. The van der Waals surface area contributed by atoms with E-state index in [1.807, 2.05) is 12.1 Å². The van der Waals surface area contributed by atoms with Gasteiger partial charge in [0, 0.05) is 25.0 Å². The van der Waals surface area contributed by atoms with Crippen molar-refractivity contribution in [1.82, 2.24) is 15.1 Å². The minimum absolute atomic E-state index is 0.136. The Labute approximate surface area is 188 Å². The van der Waals surface area contributed by atoms with E-state index in [4.69, 9.17) is 0 Å². The standard InChI is InChI=1S/C24H29FN4O2S/c1-18(15-19-7-2-3-8-19)26-17-20-9-4-5-10-23(20)28-32(30,31)21-11-12-24(22(25)16-21)29-14-6-13-27-29/h4-6,9-14,16,18-19,26,28H,2-3,7-8,15,17H2,1H3/t18-/m0/s1. The topological polar surface area (TPSA) is 76.0 Å². The zero-order valence-corrected chi connectivity index (χ0v) is 19.0. The van der Waals surface area contributed by atoms with Gasteiger partial charge < -0.3 is 5.32 Å². The number of rotatable bonds is 9. The minimum atomic E-state index is -3.95. The number of nitrogens with zero attached hydrogens (tertiary/aromatic N) is 2. The first-order chi connectivity index (χ1) is 15.4. The summed E-state index contributed by atoms with van der Waals surface area (Å²) in [6, 6.07) is 13.1. The second-order valence-corrected chi connectivity index (χ2v) is 10.2. The molecule has 8 heteroatoms. The number of hydrogen-bond acceptors (Lipinski definition) is 4. The van der Waals surface area contributed by atoms with Gasteiger partial charge in [0.05, 0.1) is 10.6 Å². The molecule has 1 aliphatic carbocycles. The van der Waals surface area contributed by atoms with Gasteiger partial charge in [0.15, 0.2) is 0 Å². The average molecular weight is 457 g/mol. The van der Waals surface area contributed by atoms with Crippen LogP contribution in [0.5, 0.6) is 0 Å². The molecule has 1 fully saturated rings. The van der Waals surface area contributed by atoms with Gasteiger partial charge in [-0.2, -0.15) is 5.10 Å². The van der Waals surface area contributed by atoms with Crippen LogP contribution in [0.25, 0.3) is 5.69 Å². The Kier molecular flexibility index (Phi) is 6.91. The zero-order valence-electron chi connectivity index (χ0n) is 18.2. The number of sulfonamides is 1. The Hall–Kier alpha value is -2.71. The van der Waals surface area contributed by atoms with Crippen LogP contribution in [0.3, 0.4) is 0 Å². The van der Waals surface area contributed by atoms with Crippen molar-refractivity contribution in [2.75, 3.05) is 4.72 Å².